The van der Waals surface area contributed by atoms with Gasteiger partial charge in [0.15, 0.2) is 5.82 Å². The number of rotatable bonds is 4. The SMILES string of the molecule is NC(=O)c1c(N)nsc1NCC1Cc2ccccc2O1. The van der Waals surface area contributed by atoms with Crippen LogP contribution in [0.1, 0.15) is 15.9 Å². The first-order valence-corrected chi connectivity index (χ1v) is 6.96. The summed E-state index contributed by atoms with van der Waals surface area (Å²) in [7, 11) is 0. The minimum atomic E-state index is -0.575. The smallest absolute Gasteiger partial charge is 0.255 e. The fourth-order valence-electron chi connectivity index (χ4n) is 2.24. The number of para-hydroxylation sites is 1. The first kappa shape index (κ1) is 12.7. The zero-order valence-electron chi connectivity index (χ0n) is 10.6. The first-order chi connectivity index (χ1) is 9.65. The Labute approximate surface area is 119 Å². The van der Waals surface area contributed by atoms with E-state index in [-0.39, 0.29) is 17.5 Å². The minimum absolute atomic E-state index is 0.0245. The third-order valence-electron chi connectivity index (χ3n) is 3.17. The third kappa shape index (κ3) is 2.27. The van der Waals surface area contributed by atoms with Gasteiger partial charge in [-0.15, -0.1) is 0 Å². The number of benzene rings is 1. The molecule has 0 bridgehead atoms. The molecule has 104 valence electrons. The Balaban J connectivity index is 1.66. The van der Waals surface area contributed by atoms with Gasteiger partial charge in [0.05, 0.1) is 6.54 Å². The second-order valence-corrected chi connectivity index (χ2v) is 5.34. The molecule has 0 radical (unpaired) electrons. The van der Waals surface area contributed by atoms with Crippen LogP contribution in [-0.2, 0) is 6.42 Å². The molecule has 1 aromatic heterocycles. The van der Waals surface area contributed by atoms with Crippen molar-refractivity contribution in [2.75, 3.05) is 17.6 Å². The molecule has 1 aliphatic heterocycles. The van der Waals surface area contributed by atoms with Crippen molar-refractivity contribution in [1.29, 1.82) is 0 Å². The second kappa shape index (κ2) is 5.01. The highest BCUT2D eigenvalue weighted by atomic mass is 32.1. The Morgan fingerprint density at radius 2 is 2.30 bits per heavy atom. The van der Waals surface area contributed by atoms with E-state index in [0.717, 1.165) is 23.7 Å². The molecule has 3 rings (SSSR count). The fourth-order valence-corrected chi connectivity index (χ4v) is 2.96. The summed E-state index contributed by atoms with van der Waals surface area (Å²) in [5.74, 6) is 0.508. The molecule has 2 heterocycles. The number of primary amides is 1. The van der Waals surface area contributed by atoms with Crippen LogP contribution in [0.4, 0.5) is 10.8 Å². The average molecular weight is 290 g/mol. The van der Waals surface area contributed by atoms with Crippen LogP contribution >= 0.6 is 11.5 Å². The van der Waals surface area contributed by atoms with Gasteiger partial charge in [-0.2, -0.15) is 4.37 Å². The molecular formula is C13H14N4O2S. The Morgan fingerprint density at radius 1 is 1.50 bits per heavy atom. The lowest BCUT2D eigenvalue weighted by Gasteiger charge is -2.12. The maximum absolute atomic E-state index is 11.3. The topological polar surface area (TPSA) is 103 Å². The lowest BCUT2D eigenvalue weighted by atomic mass is 10.1. The number of nitrogens with one attached hydrogen (secondary N) is 1. The molecule has 20 heavy (non-hydrogen) atoms. The van der Waals surface area contributed by atoms with Gasteiger partial charge in [0, 0.05) is 6.42 Å². The number of hydrogen-bond acceptors (Lipinski definition) is 6. The van der Waals surface area contributed by atoms with Crippen LogP contribution in [0, 0.1) is 0 Å². The molecule has 1 aromatic carbocycles. The molecule has 1 atom stereocenters. The summed E-state index contributed by atoms with van der Waals surface area (Å²) in [6.45, 7) is 0.566. The minimum Gasteiger partial charge on any atom is -0.488 e. The van der Waals surface area contributed by atoms with Crippen molar-refractivity contribution < 1.29 is 9.53 Å². The van der Waals surface area contributed by atoms with E-state index in [2.05, 4.69) is 15.8 Å². The lowest BCUT2D eigenvalue weighted by molar-refractivity contribution is 0.100. The van der Waals surface area contributed by atoms with Crippen molar-refractivity contribution in [3.63, 3.8) is 0 Å². The highest BCUT2D eigenvalue weighted by Gasteiger charge is 2.23. The van der Waals surface area contributed by atoms with Crippen molar-refractivity contribution in [1.82, 2.24) is 4.37 Å². The van der Waals surface area contributed by atoms with Crippen LogP contribution in [-0.4, -0.2) is 22.9 Å². The highest BCUT2D eigenvalue weighted by Crippen LogP contribution is 2.30. The van der Waals surface area contributed by atoms with Crippen LogP contribution in [0.3, 0.4) is 0 Å². The van der Waals surface area contributed by atoms with E-state index in [1.165, 1.54) is 5.56 Å². The number of carbonyl (C=O) groups is 1. The number of ether oxygens (including phenoxy) is 1. The molecule has 0 saturated carbocycles. The summed E-state index contributed by atoms with van der Waals surface area (Å²) >= 11 is 1.13. The summed E-state index contributed by atoms with van der Waals surface area (Å²) in [6, 6.07) is 7.94. The summed E-state index contributed by atoms with van der Waals surface area (Å²) < 4.78 is 9.75. The fraction of sp³-hybridized carbons (Fsp3) is 0.231. The number of hydrogen-bond donors (Lipinski definition) is 3. The Kier molecular flexibility index (Phi) is 3.19. The molecule has 2 aromatic rings. The number of aromatic nitrogens is 1. The van der Waals surface area contributed by atoms with Crippen LogP contribution < -0.4 is 21.5 Å². The standard InChI is InChI=1S/C13H14N4O2S/c14-11-10(12(15)18)13(20-17-11)16-6-8-5-7-3-1-2-4-9(7)19-8/h1-4,8,16H,5-6H2,(H2,14,17)(H2,15,18). The number of fused-ring (bicyclic) bond motifs is 1. The molecular weight excluding hydrogens is 276 g/mol. The molecule has 5 N–H and O–H groups in total. The molecule has 0 saturated heterocycles. The summed E-state index contributed by atoms with van der Waals surface area (Å²) in [5, 5.41) is 3.73. The maximum atomic E-state index is 11.3. The van der Waals surface area contributed by atoms with Gasteiger partial charge < -0.3 is 21.5 Å². The van der Waals surface area contributed by atoms with Gasteiger partial charge in [-0.3, -0.25) is 4.79 Å². The summed E-state index contributed by atoms with van der Waals surface area (Å²) in [6.07, 6.45) is 0.861. The number of amides is 1. The Morgan fingerprint density at radius 3 is 3.05 bits per heavy atom. The van der Waals surface area contributed by atoms with Crippen molar-refractivity contribution in [3.05, 3.63) is 35.4 Å². The van der Waals surface area contributed by atoms with Gasteiger partial charge in [0.25, 0.3) is 5.91 Å². The normalized spacial score (nSPS) is 16.5. The van der Waals surface area contributed by atoms with E-state index in [1.807, 2.05) is 18.2 Å². The Hall–Kier alpha value is -2.28. The molecule has 0 spiro atoms. The summed E-state index contributed by atoms with van der Waals surface area (Å²) in [5.41, 5.74) is 12.4. The van der Waals surface area contributed by atoms with Crippen molar-refractivity contribution in [3.8, 4) is 5.75 Å². The molecule has 6 nitrogen and oxygen atoms in total. The molecule has 0 fully saturated rings. The van der Waals surface area contributed by atoms with Gasteiger partial charge in [-0.1, -0.05) is 18.2 Å². The molecule has 7 heteroatoms. The molecule has 1 unspecified atom stereocenters. The maximum Gasteiger partial charge on any atom is 0.255 e. The van der Waals surface area contributed by atoms with Gasteiger partial charge >= 0.3 is 0 Å². The van der Waals surface area contributed by atoms with Crippen molar-refractivity contribution >= 4 is 28.3 Å². The van der Waals surface area contributed by atoms with E-state index >= 15 is 0 Å². The molecule has 1 amide bonds. The predicted octanol–water partition coefficient (Wildman–Crippen LogP) is 1.24. The van der Waals surface area contributed by atoms with Crippen LogP contribution in [0.25, 0.3) is 0 Å². The van der Waals surface area contributed by atoms with Crippen molar-refractivity contribution in [2.45, 2.75) is 12.5 Å². The largest absolute Gasteiger partial charge is 0.488 e. The van der Waals surface area contributed by atoms with Gasteiger partial charge in [0.2, 0.25) is 0 Å². The number of nitrogens with two attached hydrogens (primary N) is 2. The third-order valence-corrected chi connectivity index (χ3v) is 3.99. The molecule has 0 aliphatic carbocycles. The summed E-state index contributed by atoms with van der Waals surface area (Å²) in [4.78, 5) is 11.3. The van der Waals surface area contributed by atoms with E-state index in [0.29, 0.717) is 11.5 Å². The van der Waals surface area contributed by atoms with E-state index in [4.69, 9.17) is 16.2 Å². The Bertz CT molecular complexity index is 631. The number of anilines is 2. The van der Waals surface area contributed by atoms with Crippen LogP contribution in [0.2, 0.25) is 0 Å². The zero-order chi connectivity index (χ0) is 14.1. The van der Waals surface area contributed by atoms with E-state index in [1.54, 1.807) is 0 Å². The quantitative estimate of drug-likeness (QED) is 0.786. The van der Waals surface area contributed by atoms with Gasteiger partial charge in [-0.05, 0) is 23.2 Å². The monoisotopic (exact) mass is 290 g/mol. The van der Waals surface area contributed by atoms with Crippen molar-refractivity contribution in [2.24, 2.45) is 5.73 Å². The molecule has 1 aliphatic rings. The number of nitrogen functional groups attached to an aromatic ring is 1. The highest BCUT2D eigenvalue weighted by molar-refractivity contribution is 7.11. The average Bonchev–Trinajstić information content (AvgIpc) is 2.99. The second-order valence-electron chi connectivity index (χ2n) is 4.57. The van der Waals surface area contributed by atoms with E-state index in [9.17, 15) is 4.79 Å². The lowest BCUT2D eigenvalue weighted by Crippen LogP contribution is -2.25. The van der Waals surface area contributed by atoms with Gasteiger partial charge in [0.1, 0.15) is 22.4 Å². The van der Waals surface area contributed by atoms with Crippen LogP contribution in [0.15, 0.2) is 24.3 Å². The first-order valence-electron chi connectivity index (χ1n) is 6.18. The zero-order valence-corrected chi connectivity index (χ0v) is 11.4. The number of carbonyl (C=O) groups excluding carboxylic acids is 1. The van der Waals surface area contributed by atoms with Gasteiger partial charge in [-0.25, -0.2) is 0 Å². The predicted molar refractivity (Wildman–Crippen MR) is 78.1 cm³/mol. The number of nitrogens with zero attached hydrogens (tertiary/aromatic N) is 1. The van der Waals surface area contributed by atoms with Crippen LogP contribution in [0.5, 0.6) is 5.75 Å². The van der Waals surface area contributed by atoms with E-state index < -0.39 is 5.91 Å².